The van der Waals surface area contributed by atoms with Crippen LogP contribution in [-0.2, 0) is 0 Å². The molecule has 69 heavy (non-hydrogen) atoms. The fourth-order valence-electron chi connectivity index (χ4n) is 9.61. The molecule has 3 aromatic rings. The number of hydrogen-bond donors (Lipinski definition) is 0. The first-order valence-electron chi connectivity index (χ1n) is 29.9. The van der Waals surface area contributed by atoms with Gasteiger partial charge in [0.25, 0.3) is 0 Å². The van der Waals surface area contributed by atoms with Crippen LogP contribution in [0.3, 0.4) is 0 Å². The number of rotatable bonds is 48. The van der Waals surface area contributed by atoms with Gasteiger partial charge < -0.3 is 28.4 Å². The van der Waals surface area contributed by atoms with Crippen LogP contribution < -0.4 is 28.4 Å². The third-order valence-corrected chi connectivity index (χ3v) is 15.2. The minimum absolute atomic E-state index is 0.645. The highest BCUT2D eigenvalue weighted by Gasteiger charge is 2.31. The van der Waals surface area contributed by atoms with Crippen LogP contribution in [0.2, 0.25) is 0 Å². The van der Waals surface area contributed by atoms with Crippen molar-refractivity contribution in [1.82, 2.24) is 0 Å². The number of fused-ring (bicyclic) bond motifs is 3. The van der Waals surface area contributed by atoms with Gasteiger partial charge >= 0.3 is 0 Å². The predicted molar refractivity (Wildman–Crippen MR) is 302 cm³/mol. The second kappa shape index (κ2) is 40.0. The van der Waals surface area contributed by atoms with Crippen molar-refractivity contribution >= 4 is 31.5 Å². The zero-order valence-corrected chi connectivity index (χ0v) is 47.4. The molecule has 398 valence electrons. The second-order valence-corrected chi connectivity index (χ2v) is 21.5. The average Bonchev–Trinajstić information content (AvgIpc) is 3.74. The summed E-state index contributed by atoms with van der Waals surface area (Å²) in [6, 6.07) is 0. The van der Waals surface area contributed by atoms with Crippen LogP contribution in [0, 0.1) is 13.8 Å². The topological polar surface area (TPSA) is 55.4 Å². The van der Waals surface area contributed by atoms with Crippen LogP contribution in [0.5, 0.6) is 34.5 Å². The molecule has 0 atom stereocenters. The molecule has 0 aliphatic carbocycles. The van der Waals surface area contributed by atoms with Crippen molar-refractivity contribution in [1.29, 1.82) is 0 Å². The van der Waals surface area contributed by atoms with E-state index in [2.05, 4.69) is 55.4 Å². The maximum atomic E-state index is 7.17. The van der Waals surface area contributed by atoms with Crippen molar-refractivity contribution in [2.75, 3.05) is 39.6 Å². The third kappa shape index (κ3) is 22.8. The first-order valence-corrected chi connectivity index (χ1v) is 30.7. The molecule has 0 radical (unpaired) electrons. The van der Waals surface area contributed by atoms with Gasteiger partial charge in [0.15, 0.2) is 23.0 Å². The number of benzene rings is 2. The first-order chi connectivity index (χ1) is 34.0. The molecule has 7 heteroatoms. The summed E-state index contributed by atoms with van der Waals surface area (Å²) in [6.07, 6.45) is 43.8. The van der Waals surface area contributed by atoms with Crippen molar-refractivity contribution in [2.45, 2.75) is 287 Å². The van der Waals surface area contributed by atoms with E-state index in [1.165, 1.54) is 193 Å². The van der Waals surface area contributed by atoms with E-state index in [1.807, 2.05) is 0 Å². The van der Waals surface area contributed by atoms with Crippen molar-refractivity contribution in [3.05, 3.63) is 11.1 Å². The van der Waals surface area contributed by atoms with Crippen molar-refractivity contribution in [3.63, 3.8) is 0 Å². The molecule has 6 nitrogen and oxygen atoms in total. The molecule has 0 amide bonds. The van der Waals surface area contributed by atoms with Gasteiger partial charge in [0.1, 0.15) is 11.5 Å². The summed E-state index contributed by atoms with van der Waals surface area (Å²) in [5.41, 5.74) is 2.09. The van der Waals surface area contributed by atoms with Crippen LogP contribution in [0.1, 0.15) is 284 Å². The van der Waals surface area contributed by atoms with Gasteiger partial charge in [-0.1, -0.05) is 234 Å². The van der Waals surface area contributed by atoms with Gasteiger partial charge in [0, 0.05) is 11.1 Å². The normalized spacial score (nSPS) is 11.6. The molecular weight excluding hydrogens is 873 g/mol. The minimum atomic E-state index is 0.645. The molecule has 0 aliphatic rings. The summed E-state index contributed by atoms with van der Waals surface area (Å²) in [4.78, 5) is 0. The van der Waals surface area contributed by atoms with Gasteiger partial charge in [0.05, 0.1) is 59.8 Å². The lowest BCUT2D eigenvalue weighted by Gasteiger charge is -2.22. The summed E-state index contributed by atoms with van der Waals surface area (Å²) in [5.74, 6) is 5.23. The summed E-state index contributed by atoms with van der Waals surface area (Å²) < 4.78 is 44.7. The summed E-state index contributed by atoms with van der Waals surface area (Å²) in [5, 5.41) is 2.10. The number of thiophene rings is 1. The van der Waals surface area contributed by atoms with Gasteiger partial charge in [-0.25, -0.2) is 0 Å². The average molecular weight is 982 g/mol. The Morgan fingerprint density at radius 2 is 0.420 bits per heavy atom. The lowest BCUT2D eigenvalue weighted by Crippen LogP contribution is -2.08. The standard InChI is InChI=1S/C62H108O6S/c1-9-15-21-27-33-39-45-63-55-51(7)57(65-47-41-35-29-23-17-11-3)61-53(59(55)67-49-43-37-31-25-19-13-5)54-60(68-50-44-38-32-26-20-14-6)56(64-46-40-34-28-22-16-10-2)52(8)58(62(54)69-61)66-48-42-36-30-24-18-12-4/h9-50H2,1-8H3. The number of hydrogen-bond acceptors (Lipinski definition) is 7. The van der Waals surface area contributed by atoms with Gasteiger partial charge in [0.2, 0.25) is 0 Å². The maximum Gasteiger partial charge on any atom is 0.171 e. The van der Waals surface area contributed by atoms with E-state index in [4.69, 9.17) is 28.4 Å². The SMILES string of the molecule is CCCCCCCCOc1c(C)c(OCCCCCCCC)c2sc3c(OCCCCCCCC)c(C)c(OCCCCCCCC)c(OCCCCCCCC)c3c2c1OCCCCCCCC. The highest BCUT2D eigenvalue weighted by atomic mass is 32.1. The molecule has 0 aliphatic heterocycles. The molecule has 0 N–H and O–H groups in total. The Kier molecular flexibility index (Phi) is 35.2. The smallest absolute Gasteiger partial charge is 0.171 e. The molecule has 0 fully saturated rings. The fourth-order valence-corrected chi connectivity index (χ4v) is 11.0. The van der Waals surface area contributed by atoms with E-state index in [0.717, 1.165) is 104 Å². The molecule has 0 spiro atoms. The maximum absolute atomic E-state index is 7.17. The van der Waals surface area contributed by atoms with Crippen molar-refractivity contribution < 1.29 is 28.4 Å². The van der Waals surface area contributed by atoms with E-state index in [1.54, 1.807) is 11.3 Å². The van der Waals surface area contributed by atoms with Crippen molar-refractivity contribution in [3.8, 4) is 34.5 Å². The van der Waals surface area contributed by atoms with Crippen LogP contribution in [0.25, 0.3) is 20.2 Å². The van der Waals surface area contributed by atoms with Crippen LogP contribution >= 0.6 is 11.3 Å². The Morgan fingerprint density at radius 1 is 0.232 bits per heavy atom. The van der Waals surface area contributed by atoms with Crippen LogP contribution in [0.15, 0.2) is 0 Å². The monoisotopic (exact) mass is 981 g/mol. The second-order valence-electron chi connectivity index (χ2n) is 20.4. The lowest BCUT2D eigenvalue weighted by atomic mass is 10.0. The zero-order valence-electron chi connectivity index (χ0n) is 46.6. The van der Waals surface area contributed by atoms with Gasteiger partial charge in [-0.3, -0.25) is 0 Å². The molecule has 0 bridgehead atoms. The zero-order chi connectivity index (χ0) is 49.6. The summed E-state index contributed by atoms with van der Waals surface area (Å²) >= 11 is 1.80. The van der Waals surface area contributed by atoms with Gasteiger partial charge in [-0.15, -0.1) is 11.3 Å². The van der Waals surface area contributed by atoms with Crippen LogP contribution in [-0.4, -0.2) is 39.6 Å². The van der Waals surface area contributed by atoms with Crippen LogP contribution in [0.4, 0.5) is 0 Å². The highest BCUT2D eigenvalue weighted by molar-refractivity contribution is 7.26. The molecule has 1 aromatic heterocycles. The molecule has 3 rings (SSSR count). The molecular formula is C62H108O6S. The van der Waals surface area contributed by atoms with Gasteiger partial charge in [-0.05, 0) is 52.4 Å². The first kappa shape index (κ1) is 60.8. The molecule has 2 aromatic carbocycles. The lowest BCUT2D eigenvalue weighted by molar-refractivity contribution is 0.254. The molecule has 1 heterocycles. The Bertz CT molecular complexity index is 1590. The molecule has 0 unspecified atom stereocenters. The van der Waals surface area contributed by atoms with E-state index >= 15 is 0 Å². The Hall–Kier alpha value is -2.54. The van der Waals surface area contributed by atoms with Crippen molar-refractivity contribution in [2.24, 2.45) is 0 Å². The Labute approximate surface area is 429 Å². The Balaban J connectivity index is 2.31. The van der Waals surface area contributed by atoms with E-state index in [-0.39, 0.29) is 0 Å². The summed E-state index contributed by atoms with van der Waals surface area (Å²) in [7, 11) is 0. The largest absolute Gasteiger partial charge is 0.492 e. The quantitative estimate of drug-likeness (QED) is 0.0526. The molecule has 0 saturated heterocycles. The van der Waals surface area contributed by atoms with E-state index < -0.39 is 0 Å². The predicted octanol–water partition coefficient (Wildman–Crippen LogP) is 21.1. The number of ether oxygens (including phenoxy) is 6. The number of unbranched alkanes of at least 4 members (excludes halogenated alkanes) is 30. The Morgan fingerprint density at radius 3 is 0.652 bits per heavy atom. The van der Waals surface area contributed by atoms with E-state index in [0.29, 0.717) is 39.6 Å². The van der Waals surface area contributed by atoms with Gasteiger partial charge in [-0.2, -0.15) is 0 Å². The summed E-state index contributed by atoms with van der Waals surface area (Å²) in [6.45, 7) is 22.1. The fraction of sp³-hybridized carbons (Fsp3) is 0.806. The minimum Gasteiger partial charge on any atom is -0.492 e. The third-order valence-electron chi connectivity index (χ3n) is 14.0. The van der Waals surface area contributed by atoms with E-state index in [9.17, 15) is 0 Å². The molecule has 0 saturated carbocycles. The highest BCUT2D eigenvalue weighted by Crippen LogP contribution is 2.59.